The van der Waals surface area contributed by atoms with Gasteiger partial charge in [0.2, 0.25) is 0 Å². The predicted octanol–water partition coefficient (Wildman–Crippen LogP) is 3.98. The molecule has 0 bridgehead atoms. The molecule has 0 radical (unpaired) electrons. The van der Waals surface area contributed by atoms with Gasteiger partial charge in [-0.3, -0.25) is 4.79 Å². The average molecular weight is 302 g/mol. The van der Waals surface area contributed by atoms with Gasteiger partial charge in [-0.15, -0.1) is 0 Å². The van der Waals surface area contributed by atoms with Crippen LogP contribution in [0, 0.1) is 40.9 Å². The predicted molar refractivity (Wildman–Crippen MR) is 87.2 cm³/mol. The number of hydrogen-bond donors (Lipinski definition) is 1. The van der Waals surface area contributed by atoms with Crippen molar-refractivity contribution < 1.29 is 9.90 Å². The van der Waals surface area contributed by atoms with E-state index in [4.69, 9.17) is 0 Å². The second-order valence-corrected chi connectivity index (χ2v) is 8.86. The highest BCUT2D eigenvalue weighted by atomic mass is 16.3. The minimum Gasteiger partial charge on any atom is -0.396 e. The highest BCUT2D eigenvalue weighted by Crippen LogP contribution is 2.64. The first-order chi connectivity index (χ1) is 10.5. The molecule has 122 valence electrons. The fourth-order valence-corrected chi connectivity index (χ4v) is 7.00. The van der Waals surface area contributed by atoms with Crippen LogP contribution in [-0.4, -0.2) is 17.5 Å². The largest absolute Gasteiger partial charge is 0.396 e. The minimum atomic E-state index is 0.360. The molecule has 2 heteroatoms. The van der Waals surface area contributed by atoms with Crippen molar-refractivity contribution in [1.82, 2.24) is 0 Å². The summed E-state index contributed by atoms with van der Waals surface area (Å²) in [7, 11) is 0. The molecule has 3 saturated carbocycles. The van der Waals surface area contributed by atoms with Crippen LogP contribution in [0.4, 0.5) is 0 Å². The van der Waals surface area contributed by atoms with Crippen molar-refractivity contribution >= 4 is 5.78 Å². The fourth-order valence-electron chi connectivity index (χ4n) is 7.00. The van der Waals surface area contributed by atoms with Crippen LogP contribution in [0.15, 0.2) is 11.6 Å². The number of aliphatic hydroxyl groups excluding tert-OH is 1. The molecule has 4 aliphatic carbocycles. The smallest absolute Gasteiger partial charge is 0.155 e. The lowest BCUT2D eigenvalue weighted by atomic mass is 9.49. The molecule has 3 fully saturated rings. The van der Waals surface area contributed by atoms with Crippen LogP contribution in [-0.2, 0) is 4.79 Å². The van der Waals surface area contributed by atoms with Crippen LogP contribution in [0.2, 0.25) is 0 Å². The first kappa shape index (κ1) is 14.9. The van der Waals surface area contributed by atoms with Crippen molar-refractivity contribution in [3.63, 3.8) is 0 Å². The number of hydrogen-bond acceptors (Lipinski definition) is 2. The molecular weight excluding hydrogens is 272 g/mol. The molecule has 22 heavy (non-hydrogen) atoms. The first-order valence-electron chi connectivity index (χ1n) is 9.38. The Bertz CT molecular complexity index is 508. The van der Waals surface area contributed by atoms with Crippen LogP contribution < -0.4 is 0 Å². The van der Waals surface area contributed by atoms with Crippen molar-refractivity contribution in [2.75, 3.05) is 6.61 Å². The summed E-state index contributed by atoms with van der Waals surface area (Å²) >= 11 is 0. The molecule has 4 rings (SSSR count). The second-order valence-electron chi connectivity index (χ2n) is 8.86. The fraction of sp³-hybridized carbons (Fsp3) is 0.850. The summed E-state index contributed by atoms with van der Waals surface area (Å²) < 4.78 is 0. The topological polar surface area (TPSA) is 37.3 Å². The molecule has 4 aliphatic rings. The van der Waals surface area contributed by atoms with E-state index in [0.717, 1.165) is 37.0 Å². The van der Waals surface area contributed by atoms with Crippen LogP contribution in [0.5, 0.6) is 0 Å². The quantitative estimate of drug-likeness (QED) is 0.795. The zero-order chi connectivity index (χ0) is 15.5. The van der Waals surface area contributed by atoms with E-state index in [0.29, 0.717) is 35.6 Å². The molecule has 0 aromatic carbocycles. The van der Waals surface area contributed by atoms with E-state index in [-0.39, 0.29) is 0 Å². The number of aliphatic hydroxyl groups is 1. The van der Waals surface area contributed by atoms with Crippen LogP contribution in [0.3, 0.4) is 0 Å². The summed E-state index contributed by atoms with van der Waals surface area (Å²) in [6, 6.07) is 0. The lowest BCUT2D eigenvalue weighted by molar-refractivity contribution is -0.116. The first-order valence-corrected chi connectivity index (χ1v) is 9.38. The molecule has 0 aromatic heterocycles. The Balaban J connectivity index is 1.66. The van der Waals surface area contributed by atoms with E-state index >= 15 is 0 Å². The molecule has 2 nitrogen and oxygen atoms in total. The van der Waals surface area contributed by atoms with E-state index in [1.54, 1.807) is 0 Å². The molecule has 0 saturated heterocycles. The SMILES string of the molecule is CC1CC2=CC(=O)CC[C@@H]2[C@H]2CC[C@]3(C)[C@H](CO)CC[C@@H]3[C@H]12. The zero-order valence-electron chi connectivity index (χ0n) is 14.1. The van der Waals surface area contributed by atoms with Crippen molar-refractivity contribution in [3.05, 3.63) is 11.6 Å². The van der Waals surface area contributed by atoms with Gasteiger partial charge in [0.25, 0.3) is 0 Å². The molecule has 1 N–H and O–H groups in total. The summed E-state index contributed by atoms with van der Waals surface area (Å²) in [5.41, 5.74) is 1.85. The summed E-state index contributed by atoms with van der Waals surface area (Å²) in [5.74, 6) is 4.72. The molecule has 0 spiro atoms. The van der Waals surface area contributed by atoms with Gasteiger partial charge in [0, 0.05) is 13.0 Å². The van der Waals surface area contributed by atoms with Crippen LogP contribution >= 0.6 is 0 Å². The van der Waals surface area contributed by atoms with Crippen molar-refractivity contribution in [2.45, 2.75) is 58.8 Å². The number of ketones is 1. The molecule has 0 amide bonds. The van der Waals surface area contributed by atoms with Gasteiger partial charge in [-0.25, -0.2) is 0 Å². The van der Waals surface area contributed by atoms with Gasteiger partial charge in [-0.05, 0) is 85.5 Å². The van der Waals surface area contributed by atoms with Gasteiger partial charge >= 0.3 is 0 Å². The van der Waals surface area contributed by atoms with E-state index in [1.807, 2.05) is 6.08 Å². The number of rotatable bonds is 1. The van der Waals surface area contributed by atoms with Gasteiger partial charge in [0.05, 0.1) is 0 Å². The van der Waals surface area contributed by atoms with Gasteiger partial charge < -0.3 is 5.11 Å². The van der Waals surface area contributed by atoms with E-state index in [2.05, 4.69) is 13.8 Å². The number of allylic oxidation sites excluding steroid dienone is 1. The summed E-state index contributed by atoms with van der Waals surface area (Å²) in [6.45, 7) is 5.26. The molecule has 1 unspecified atom stereocenters. The summed E-state index contributed by atoms with van der Waals surface area (Å²) in [4.78, 5) is 11.8. The van der Waals surface area contributed by atoms with E-state index in [1.165, 1.54) is 31.3 Å². The molecule has 0 aliphatic heterocycles. The van der Waals surface area contributed by atoms with Crippen LogP contribution in [0.25, 0.3) is 0 Å². The van der Waals surface area contributed by atoms with Crippen molar-refractivity contribution in [1.29, 1.82) is 0 Å². The lowest BCUT2D eigenvalue weighted by Gasteiger charge is -2.56. The average Bonchev–Trinajstić information content (AvgIpc) is 2.83. The Kier molecular flexibility index (Phi) is 3.52. The van der Waals surface area contributed by atoms with Crippen molar-refractivity contribution in [2.24, 2.45) is 40.9 Å². The summed E-state index contributed by atoms with van der Waals surface area (Å²) in [5, 5.41) is 9.80. The van der Waals surface area contributed by atoms with Crippen molar-refractivity contribution in [3.8, 4) is 0 Å². The highest BCUT2D eigenvalue weighted by Gasteiger charge is 2.57. The molecular formula is C20H30O2. The Morgan fingerprint density at radius 3 is 2.86 bits per heavy atom. The Hall–Kier alpha value is -0.630. The Morgan fingerprint density at radius 1 is 1.27 bits per heavy atom. The standard InChI is InChI=1S/C20H30O2/c1-12-9-13-10-15(22)4-5-16(13)17-7-8-20(2)14(11-21)3-6-18(20)19(12)17/h10,12,14,16-19,21H,3-9,11H2,1-2H3/t12?,14-,16-,17+,18+,19+,20+/m0/s1. The monoisotopic (exact) mass is 302 g/mol. The maximum Gasteiger partial charge on any atom is 0.155 e. The molecule has 0 heterocycles. The molecule has 7 atom stereocenters. The summed E-state index contributed by atoms with van der Waals surface area (Å²) in [6.07, 6.45) is 10.2. The Morgan fingerprint density at radius 2 is 2.09 bits per heavy atom. The van der Waals surface area contributed by atoms with Gasteiger partial charge in [0.15, 0.2) is 5.78 Å². The van der Waals surface area contributed by atoms with E-state index < -0.39 is 0 Å². The lowest BCUT2D eigenvalue weighted by Crippen LogP contribution is -2.49. The second kappa shape index (κ2) is 5.19. The number of carbonyl (C=O) groups is 1. The zero-order valence-corrected chi connectivity index (χ0v) is 14.1. The number of fused-ring (bicyclic) bond motifs is 5. The Labute approximate surface area is 134 Å². The number of carbonyl (C=O) groups excluding carboxylic acids is 1. The van der Waals surface area contributed by atoms with Gasteiger partial charge in [-0.2, -0.15) is 0 Å². The maximum atomic E-state index is 11.8. The minimum absolute atomic E-state index is 0.360. The van der Waals surface area contributed by atoms with E-state index in [9.17, 15) is 9.90 Å². The third kappa shape index (κ3) is 1.99. The van der Waals surface area contributed by atoms with Gasteiger partial charge in [-0.1, -0.05) is 19.4 Å². The normalized spacial score (nSPS) is 50.9. The molecule has 0 aromatic rings. The van der Waals surface area contributed by atoms with Crippen LogP contribution in [0.1, 0.15) is 58.8 Å². The third-order valence-electron chi connectivity index (χ3n) is 8.06. The van der Waals surface area contributed by atoms with Gasteiger partial charge in [0.1, 0.15) is 0 Å². The maximum absolute atomic E-state index is 11.8. The third-order valence-corrected chi connectivity index (χ3v) is 8.06. The highest BCUT2D eigenvalue weighted by molar-refractivity contribution is 5.91.